The molecule has 0 bridgehead atoms. The van der Waals surface area contributed by atoms with Gasteiger partial charge in [-0.3, -0.25) is 14.5 Å². The number of hydrogen-bond donors (Lipinski definition) is 1. The number of rotatable bonds is 7. The van der Waals surface area contributed by atoms with Crippen molar-refractivity contribution >= 4 is 79.1 Å². The van der Waals surface area contributed by atoms with Gasteiger partial charge in [-0.1, -0.05) is 42.2 Å². The van der Waals surface area contributed by atoms with E-state index < -0.39 is 0 Å². The van der Waals surface area contributed by atoms with Gasteiger partial charge in [-0.15, -0.1) is 22.7 Å². The van der Waals surface area contributed by atoms with Crippen molar-refractivity contribution < 1.29 is 9.59 Å². The Morgan fingerprint density at radius 1 is 1.24 bits per heavy atom. The largest absolute Gasteiger partial charge is 0.350 e. The number of nitrogens with zero attached hydrogens (tertiary/aromatic N) is 2. The maximum Gasteiger partial charge on any atom is 0.266 e. The summed E-state index contributed by atoms with van der Waals surface area (Å²) >= 11 is 9.82. The van der Waals surface area contributed by atoms with Crippen LogP contribution >= 0.6 is 46.7 Å². The third-order valence-electron chi connectivity index (χ3n) is 4.25. The van der Waals surface area contributed by atoms with Gasteiger partial charge in [-0.25, -0.2) is 4.98 Å². The van der Waals surface area contributed by atoms with Crippen LogP contribution in [0.25, 0.3) is 16.3 Å². The van der Waals surface area contributed by atoms with Crippen molar-refractivity contribution in [3.8, 4) is 0 Å². The van der Waals surface area contributed by atoms with E-state index >= 15 is 0 Å². The Morgan fingerprint density at radius 3 is 2.90 bits per heavy atom. The van der Waals surface area contributed by atoms with Gasteiger partial charge < -0.3 is 5.32 Å². The zero-order valence-corrected chi connectivity index (χ0v) is 18.6. The number of thiophene rings is 1. The van der Waals surface area contributed by atoms with E-state index in [9.17, 15) is 9.59 Å². The zero-order valence-electron chi connectivity index (χ0n) is 15.3. The second-order valence-corrected chi connectivity index (χ2v) is 10.1. The number of para-hydroxylation sites is 1. The van der Waals surface area contributed by atoms with E-state index in [1.54, 1.807) is 27.6 Å². The fourth-order valence-corrected chi connectivity index (χ4v) is 5.79. The minimum absolute atomic E-state index is 0.0520. The number of fused-ring (bicyclic) bond motifs is 1. The summed E-state index contributed by atoms with van der Waals surface area (Å²) in [7, 11) is 0. The minimum Gasteiger partial charge on any atom is -0.350 e. The number of aromatic nitrogens is 1. The predicted octanol–water partition coefficient (Wildman–Crippen LogP) is 4.66. The first-order valence-corrected chi connectivity index (χ1v) is 11.9. The van der Waals surface area contributed by atoms with E-state index in [2.05, 4.69) is 10.3 Å². The Hall–Kier alpha value is -2.07. The molecule has 4 rings (SSSR count). The molecule has 0 unspecified atom stereocenters. The van der Waals surface area contributed by atoms with E-state index in [4.69, 9.17) is 12.2 Å². The summed E-state index contributed by atoms with van der Waals surface area (Å²) in [4.78, 5) is 32.5. The van der Waals surface area contributed by atoms with Gasteiger partial charge in [0.2, 0.25) is 5.91 Å². The van der Waals surface area contributed by atoms with Crippen molar-refractivity contribution in [1.29, 1.82) is 0 Å². The highest BCUT2D eigenvalue weighted by Gasteiger charge is 2.31. The summed E-state index contributed by atoms with van der Waals surface area (Å²) in [6.45, 7) is 0.865. The van der Waals surface area contributed by atoms with Crippen molar-refractivity contribution in [3.05, 3.63) is 56.6 Å². The first-order valence-electron chi connectivity index (χ1n) is 9.00. The van der Waals surface area contributed by atoms with Gasteiger partial charge in [0, 0.05) is 17.8 Å². The summed E-state index contributed by atoms with van der Waals surface area (Å²) in [6, 6.07) is 11.8. The Labute approximate surface area is 185 Å². The molecule has 1 saturated heterocycles. The van der Waals surface area contributed by atoms with Crippen LogP contribution in [0.5, 0.6) is 0 Å². The van der Waals surface area contributed by atoms with Gasteiger partial charge in [-0.05, 0) is 36.1 Å². The Kier molecular flexibility index (Phi) is 6.39. The van der Waals surface area contributed by atoms with Crippen molar-refractivity contribution in [2.75, 3.05) is 6.54 Å². The quantitative estimate of drug-likeness (QED) is 0.411. The molecule has 2 aromatic heterocycles. The molecule has 0 atom stereocenters. The van der Waals surface area contributed by atoms with Crippen LogP contribution in [0.3, 0.4) is 0 Å². The number of thiocarbonyl (C=S) groups is 1. The van der Waals surface area contributed by atoms with Crippen molar-refractivity contribution in [2.24, 2.45) is 0 Å². The molecule has 0 spiro atoms. The van der Waals surface area contributed by atoms with Crippen molar-refractivity contribution in [2.45, 2.75) is 19.4 Å². The number of nitrogens with one attached hydrogen (secondary N) is 1. The lowest BCUT2D eigenvalue weighted by Gasteiger charge is -2.13. The molecule has 1 aromatic carbocycles. The lowest BCUT2D eigenvalue weighted by Crippen LogP contribution is -2.30. The average Bonchev–Trinajstić information content (AvgIpc) is 3.42. The van der Waals surface area contributed by atoms with Crippen LogP contribution in [0.1, 0.15) is 22.7 Å². The highest BCUT2D eigenvalue weighted by molar-refractivity contribution is 8.26. The maximum absolute atomic E-state index is 12.6. The number of hydrogen-bond acceptors (Lipinski definition) is 7. The molecular weight excluding hydrogens is 443 g/mol. The Balaban J connectivity index is 1.24. The second kappa shape index (κ2) is 9.17. The monoisotopic (exact) mass is 459 g/mol. The summed E-state index contributed by atoms with van der Waals surface area (Å²) in [5.41, 5.74) is 0.951. The number of carbonyl (C=O) groups is 2. The average molecular weight is 460 g/mol. The number of thiazole rings is 1. The summed E-state index contributed by atoms with van der Waals surface area (Å²) in [5.74, 6) is -0.132. The molecule has 9 heteroatoms. The molecule has 1 aliphatic rings. The lowest BCUT2D eigenvalue weighted by molar-refractivity contribution is -0.124. The standard InChI is InChI=1S/C20H17N3O2S4/c24-17(21-12-18-22-14-6-1-2-7-15(14)28-18)8-3-9-23-19(25)16(29-20(23)26)11-13-5-4-10-27-13/h1-2,4-7,10-11H,3,8-9,12H2,(H,21,24)/b16-11-. The smallest absolute Gasteiger partial charge is 0.266 e. The van der Waals surface area contributed by atoms with E-state index in [1.165, 1.54) is 11.8 Å². The predicted molar refractivity (Wildman–Crippen MR) is 125 cm³/mol. The normalized spacial score (nSPS) is 15.6. The highest BCUT2D eigenvalue weighted by Crippen LogP contribution is 2.33. The van der Waals surface area contributed by atoms with Gasteiger partial charge in [0.05, 0.1) is 21.7 Å². The lowest BCUT2D eigenvalue weighted by atomic mass is 10.2. The topological polar surface area (TPSA) is 62.3 Å². The number of thioether (sulfide) groups is 1. The summed E-state index contributed by atoms with van der Waals surface area (Å²) in [6.07, 6.45) is 2.77. The summed E-state index contributed by atoms with van der Waals surface area (Å²) in [5, 5.41) is 5.76. The van der Waals surface area contributed by atoms with Gasteiger partial charge in [0.25, 0.3) is 5.91 Å². The Morgan fingerprint density at radius 2 is 2.10 bits per heavy atom. The Bertz CT molecular complexity index is 1060. The van der Waals surface area contributed by atoms with E-state index in [1.807, 2.05) is 47.9 Å². The van der Waals surface area contributed by atoms with Crippen LogP contribution < -0.4 is 5.32 Å². The number of benzene rings is 1. The molecule has 1 aliphatic heterocycles. The van der Waals surface area contributed by atoms with Crippen LogP contribution in [0.4, 0.5) is 0 Å². The summed E-state index contributed by atoms with van der Waals surface area (Å²) < 4.78 is 1.66. The molecule has 2 amide bonds. The SMILES string of the molecule is O=C(CCCN1C(=O)/C(=C/c2cccs2)SC1=S)NCc1nc2ccccc2s1. The molecule has 0 radical (unpaired) electrons. The van der Waals surface area contributed by atoms with E-state index in [-0.39, 0.29) is 11.8 Å². The van der Waals surface area contributed by atoms with Gasteiger partial charge in [0.1, 0.15) is 9.33 Å². The third kappa shape index (κ3) is 4.92. The van der Waals surface area contributed by atoms with Crippen LogP contribution in [-0.4, -0.2) is 32.6 Å². The first-order chi connectivity index (χ1) is 14.1. The molecule has 3 aromatic rings. The molecule has 29 heavy (non-hydrogen) atoms. The molecule has 1 fully saturated rings. The van der Waals surface area contributed by atoms with Gasteiger partial charge >= 0.3 is 0 Å². The van der Waals surface area contributed by atoms with E-state index in [0.717, 1.165) is 20.1 Å². The second-order valence-electron chi connectivity index (χ2n) is 6.30. The third-order valence-corrected chi connectivity index (χ3v) is 7.48. The first kappa shape index (κ1) is 20.2. The molecule has 0 aliphatic carbocycles. The molecule has 148 valence electrons. The number of carbonyl (C=O) groups excluding carboxylic acids is 2. The molecule has 0 saturated carbocycles. The van der Waals surface area contributed by atoms with Crippen molar-refractivity contribution in [3.63, 3.8) is 0 Å². The zero-order chi connectivity index (χ0) is 20.2. The molecule has 5 nitrogen and oxygen atoms in total. The van der Waals surface area contributed by atoms with Gasteiger partial charge in [0.15, 0.2) is 0 Å². The fraction of sp³-hybridized carbons (Fsp3) is 0.200. The maximum atomic E-state index is 12.6. The van der Waals surface area contributed by atoms with Gasteiger partial charge in [-0.2, -0.15) is 0 Å². The molecule has 3 heterocycles. The van der Waals surface area contributed by atoms with Crippen LogP contribution in [0.15, 0.2) is 46.7 Å². The molecular formula is C20H17N3O2S4. The molecule has 1 N–H and O–H groups in total. The van der Waals surface area contributed by atoms with Crippen LogP contribution in [-0.2, 0) is 16.1 Å². The van der Waals surface area contributed by atoms with E-state index in [0.29, 0.717) is 35.2 Å². The van der Waals surface area contributed by atoms with Crippen molar-refractivity contribution in [1.82, 2.24) is 15.2 Å². The fourth-order valence-electron chi connectivity index (χ4n) is 2.85. The number of amides is 2. The van der Waals surface area contributed by atoms with Crippen LogP contribution in [0.2, 0.25) is 0 Å². The minimum atomic E-state index is -0.0803. The highest BCUT2D eigenvalue weighted by atomic mass is 32.2. The van der Waals surface area contributed by atoms with Crippen LogP contribution in [0, 0.1) is 0 Å².